The zero-order valence-electron chi connectivity index (χ0n) is 12.6. The van der Waals surface area contributed by atoms with Crippen LogP contribution in [-0.4, -0.2) is 21.3 Å². The lowest BCUT2D eigenvalue weighted by Gasteiger charge is -2.33. The van der Waals surface area contributed by atoms with Crippen molar-refractivity contribution in [2.45, 2.75) is 84.9 Å². The fourth-order valence-electron chi connectivity index (χ4n) is 2.02. The predicted octanol–water partition coefficient (Wildman–Crippen LogP) is 4.88. The van der Waals surface area contributed by atoms with Gasteiger partial charge in [0.25, 0.3) is 0 Å². The molecule has 3 heteroatoms. The minimum Gasteiger partial charge on any atom is -0.394 e. The Hall–Kier alpha value is 0.137. The Morgan fingerprint density at radius 2 is 1.59 bits per heavy atom. The molecule has 0 aliphatic rings. The van der Waals surface area contributed by atoms with Gasteiger partial charge in [0.05, 0.1) is 0 Å². The summed E-state index contributed by atoms with van der Waals surface area (Å²) in [5.41, 5.74) is 0. The van der Waals surface area contributed by atoms with Crippen LogP contribution >= 0.6 is 0 Å². The first-order chi connectivity index (χ1) is 8.17. The van der Waals surface area contributed by atoms with E-state index in [1.165, 1.54) is 19.3 Å². The normalized spacial score (nSPS) is 13.9. The highest BCUT2D eigenvalue weighted by Gasteiger charge is 2.35. The van der Waals surface area contributed by atoms with Crippen LogP contribution in [-0.2, 0) is 8.85 Å². The maximum Gasteiger partial charge on any atom is 0.337 e. The summed E-state index contributed by atoms with van der Waals surface area (Å²) in [4.78, 5) is 0. The fraction of sp³-hybridized carbons (Fsp3) is 1.00. The lowest BCUT2D eigenvalue weighted by atomic mass is 10.1. The molecule has 0 saturated carbocycles. The zero-order chi connectivity index (χ0) is 13.1. The molecule has 0 radical (unpaired) electrons. The van der Waals surface area contributed by atoms with Crippen LogP contribution in [0.15, 0.2) is 0 Å². The van der Waals surface area contributed by atoms with E-state index in [0.29, 0.717) is 6.10 Å². The smallest absolute Gasteiger partial charge is 0.337 e. The van der Waals surface area contributed by atoms with Gasteiger partial charge in [-0.15, -0.1) is 0 Å². The van der Waals surface area contributed by atoms with Crippen molar-refractivity contribution < 1.29 is 8.85 Å². The van der Waals surface area contributed by atoms with Crippen LogP contribution in [0.3, 0.4) is 0 Å². The van der Waals surface area contributed by atoms with Gasteiger partial charge in [0, 0.05) is 12.7 Å². The third kappa shape index (κ3) is 6.58. The van der Waals surface area contributed by atoms with Crippen molar-refractivity contribution in [1.29, 1.82) is 0 Å². The maximum atomic E-state index is 6.41. The summed E-state index contributed by atoms with van der Waals surface area (Å²) in [6.45, 7) is 11.9. The Kier molecular flexibility index (Phi) is 10.2. The molecule has 0 spiro atoms. The van der Waals surface area contributed by atoms with Gasteiger partial charge in [-0.1, -0.05) is 47.5 Å². The molecule has 0 saturated heterocycles. The Morgan fingerprint density at radius 1 is 0.941 bits per heavy atom. The average Bonchev–Trinajstić information content (AvgIpc) is 2.39. The van der Waals surface area contributed by atoms with Crippen molar-refractivity contribution in [3.05, 3.63) is 0 Å². The first kappa shape index (κ1) is 17.1. The van der Waals surface area contributed by atoms with Gasteiger partial charge in [0.1, 0.15) is 0 Å². The van der Waals surface area contributed by atoms with E-state index >= 15 is 0 Å². The molecule has 104 valence electrons. The quantitative estimate of drug-likeness (QED) is 0.493. The van der Waals surface area contributed by atoms with Gasteiger partial charge >= 0.3 is 8.56 Å². The molecule has 17 heavy (non-hydrogen) atoms. The molecule has 0 bridgehead atoms. The highest BCUT2D eigenvalue weighted by atomic mass is 28.4. The lowest BCUT2D eigenvalue weighted by molar-refractivity contribution is 0.102. The predicted molar refractivity (Wildman–Crippen MR) is 77.6 cm³/mol. The van der Waals surface area contributed by atoms with Gasteiger partial charge in [-0.3, -0.25) is 0 Å². The standard InChI is InChI=1S/C14H32O2Si/c1-6-11-12-14(8-3)16-17(9-4,10-5)15-13-7-2/h14H,6-13H2,1-5H3. The Bertz CT molecular complexity index is 170. The van der Waals surface area contributed by atoms with Crippen molar-refractivity contribution in [1.82, 2.24) is 0 Å². The molecule has 0 N–H and O–H groups in total. The molecule has 0 aliphatic heterocycles. The Labute approximate surface area is 109 Å². The van der Waals surface area contributed by atoms with Crippen LogP contribution < -0.4 is 0 Å². The van der Waals surface area contributed by atoms with E-state index in [1.807, 2.05) is 0 Å². The summed E-state index contributed by atoms with van der Waals surface area (Å²) in [7, 11) is -1.90. The van der Waals surface area contributed by atoms with Crippen LogP contribution in [0, 0.1) is 0 Å². The fourth-order valence-corrected chi connectivity index (χ4v) is 4.80. The molecule has 0 rings (SSSR count). The number of hydrogen-bond acceptors (Lipinski definition) is 2. The number of hydrogen-bond donors (Lipinski definition) is 0. The molecule has 0 aliphatic carbocycles. The SMILES string of the molecule is CCCCC(CC)O[Si](CC)(CC)OCCC. The summed E-state index contributed by atoms with van der Waals surface area (Å²) in [5.74, 6) is 0. The van der Waals surface area contributed by atoms with Crippen molar-refractivity contribution in [3.63, 3.8) is 0 Å². The molecule has 0 fully saturated rings. The van der Waals surface area contributed by atoms with Gasteiger partial charge in [-0.2, -0.15) is 0 Å². The summed E-state index contributed by atoms with van der Waals surface area (Å²) < 4.78 is 12.5. The topological polar surface area (TPSA) is 18.5 Å². The summed E-state index contributed by atoms with van der Waals surface area (Å²) in [6, 6.07) is 2.15. The minimum atomic E-state index is -1.90. The molecule has 2 nitrogen and oxygen atoms in total. The molecule has 0 aromatic heterocycles. The highest BCUT2D eigenvalue weighted by Crippen LogP contribution is 2.24. The first-order valence-corrected chi connectivity index (χ1v) is 9.72. The van der Waals surface area contributed by atoms with E-state index in [4.69, 9.17) is 8.85 Å². The number of unbranched alkanes of at least 4 members (excludes halogenated alkanes) is 1. The zero-order valence-corrected chi connectivity index (χ0v) is 13.6. The second-order valence-electron chi connectivity index (χ2n) is 4.76. The summed E-state index contributed by atoms with van der Waals surface area (Å²) >= 11 is 0. The van der Waals surface area contributed by atoms with Crippen LogP contribution in [0.1, 0.15) is 66.7 Å². The molecule has 0 aromatic carbocycles. The van der Waals surface area contributed by atoms with Gasteiger partial charge in [-0.25, -0.2) is 0 Å². The summed E-state index contributed by atoms with van der Waals surface area (Å²) in [6.07, 6.45) is 6.33. The van der Waals surface area contributed by atoms with Crippen LogP contribution in [0.25, 0.3) is 0 Å². The van der Waals surface area contributed by atoms with Crippen molar-refractivity contribution >= 4 is 8.56 Å². The maximum absolute atomic E-state index is 6.41. The monoisotopic (exact) mass is 260 g/mol. The van der Waals surface area contributed by atoms with Crippen molar-refractivity contribution in [2.75, 3.05) is 6.61 Å². The van der Waals surface area contributed by atoms with Crippen LogP contribution in [0.5, 0.6) is 0 Å². The van der Waals surface area contributed by atoms with Crippen LogP contribution in [0.4, 0.5) is 0 Å². The van der Waals surface area contributed by atoms with Crippen molar-refractivity contribution in [2.24, 2.45) is 0 Å². The average molecular weight is 260 g/mol. The molecule has 1 unspecified atom stereocenters. The largest absolute Gasteiger partial charge is 0.394 e. The summed E-state index contributed by atoms with van der Waals surface area (Å²) in [5, 5.41) is 0. The third-order valence-corrected chi connectivity index (χ3v) is 7.01. The Morgan fingerprint density at radius 3 is 2.00 bits per heavy atom. The molecular weight excluding hydrogens is 228 g/mol. The van der Waals surface area contributed by atoms with E-state index in [2.05, 4.69) is 34.6 Å². The van der Waals surface area contributed by atoms with E-state index in [9.17, 15) is 0 Å². The second-order valence-corrected chi connectivity index (χ2v) is 8.52. The van der Waals surface area contributed by atoms with Gasteiger partial charge < -0.3 is 8.85 Å². The Balaban J connectivity index is 4.36. The van der Waals surface area contributed by atoms with Gasteiger partial charge in [-0.05, 0) is 31.4 Å². The number of rotatable bonds is 11. The first-order valence-electron chi connectivity index (χ1n) is 7.49. The van der Waals surface area contributed by atoms with Crippen molar-refractivity contribution in [3.8, 4) is 0 Å². The van der Waals surface area contributed by atoms with Crippen LogP contribution in [0.2, 0.25) is 12.1 Å². The second kappa shape index (κ2) is 10.1. The van der Waals surface area contributed by atoms with E-state index < -0.39 is 8.56 Å². The third-order valence-electron chi connectivity index (χ3n) is 3.36. The molecule has 1 atom stereocenters. The van der Waals surface area contributed by atoms with E-state index in [1.54, 1.807) is 0 Å². The lowest BCUT2D eigenvalue weighted by Crippen LogP contribution is -2.44. The molecule has 0 heterocycles. The molecule has 0 amide bonds. The van der Waals surface area contributed by atoms with Gasteiger partial charge in [0.15, 0.2) is 0 Å². The van der Waals surface area contributed by atoms with E-state index in [0.717, 1.165) is 31.5 Å². The van der Waals surface area contributed by atoms with E-state index in [-0.39, 0.29) is 0 Å². The molecule has 0 aromatic rings. The molecular formula is C14H32O2Si. The van der Waals surface area contributed by atoms with Gasteiger partial charge in [0.2, 0.25) is 0 Å². The highest BCUT2D eigenvalue weighted by molar-refractivity contribution is 6.67. The minimum absolute atomic E-state index is 0.415.